The van der Waals surface area contributed by atoms with Gasteiger partial charge in [0.2, 0.25) is 5.13 Å². The quantitative estimate of drug-likeness (QED) is 0.879. The summed E-state index contributed by atoms with van der Waals surface area (Å²) in [7, 11) is 0. The van der Waals surface area contributed by atoms with Gasteiger partial charge in [0.25, 0.3) is 0 Å². The molecule has 0 aliphatic heterocycles. The van der Waals surface area contributed by atoms with E-state index in [1.807, 2.05) is 6.92 Å². The summed E-state index contributed by atoms with van der Waals surface area (Å²) in [6.45, 7) is 5.10. The van der Waals surface area contributed by atoms with Crippen molar-refractivity contribution in [2.45, 2.75) is 26.2 Å². The summed E-state index contributed by atoms with van der Waals surface area (Å²) in [6, 6.07) is 10.6. The molecule has 0 aliphatic rings. The predicted octanol–water partition coefficient (Wildman–Crippen LogP) is 3.45. The third-order valence-electron chi connectivity index (χ3n) is 2.75. The van der Waals surface area contributed by atoms with Crippen molar-refractivity contribution < 1.29 is 0 Å². The van der Waals surface area contributed by atoms with Crippen LogP contribution in [0.5, 0.6) is 0 Å². The lowest BCUT2D eigenvalue weighted by atomic mass is 9.98. The highest BCUT2D eigenvalue weighted by molar-refractivity contribution is 7.09. The van der Waals surface area contributed by atoms with Crippen molar-refractivity contribution in [3.63, 3.8) is 0 Å². The molecular weight excluding hydrogens is 230 g/mol. The Morgan fingerprint density at radius 2 is 2.06 bits per heavy atom. The van der Waals surface area contributed by atoms with Gasteiger partial charge in [-0.15, -0.1) is 0 Å². The summed E-state index contributed by atoms with van der Waals surface area (Å²) in [5.41, 5.74) is 1.39. The molecule has 0 saturated heterocycles. The van der Waals surface area contributed by atoms with E-state index in [1.54, 1.807) is 0 Å². The number of benzene rings is 1. The Balaban J connectivity index is 1.79. The molecule has 0 fully saturated rings. The van der Waals surface area contributed by atoms with Gasteiger partial charge in [-0.25, -0.2) is 4.98 Å². The molecule has 0 amide bonds. The van der Waals surface area contributed by atoms with Crippen molar-refractivity contribution in [3.8, 4) is 0 Å². The Morgan fingerprint density at radius 3 is 2.71 bits per heavy atom. The van der Waals surface area contributed by atoms with E-state index in [0.29, 0.717) is 5.92 Å². The Hall–Kier alpha value is -1.42. The monoisotopic (exact) mass is 247 g/mol. The van der Waals surface area contributed by atoms with Crippen molar-refractivity contribution in [1.82, 2.24) is 9.36 Å². The Bertz CT molecular complexity index is 453. The molecule has 2 rings (SSSR count). The second kappa shape index (κ2) is 5.77. The lowest BCUT2D eigenvalue weighted by Crippen LogP contribution is -2.05. The third-order valence-corrected chi connectivity index (χ3v) is 3.51. The molecule has 0 aliphatic carbocycles. The fourth-order valence-corrected chi connectivity index (χ4v) is 2.31. The fraction of sp³-hybridized carbons (Fsp3) is 0.385. The molecule has 4 heteroatoms. The number of nitrogens with zero attached hydrogens (tertiary/aromatic N) is 2. The van der Waals surface area contributed by atoms with Crippen molar-refractivity contribution in [1.29, 1.82) is 0 Å². The van der Waals surface area contributed by atoms with Gasteiger partial charge in [-0.3, -0.25) is 0 Å². The number of nitrogens with one attached hydrogen (secondary N) is 1. The molecule has 1 aromatic carbocycles. The molecule has 2 aromatic rings. The zero-order chi connectivity index (χ0) is 12.1. The minimum atomic E-state index is 0.567. The van der Waals surface area contributed by atoms with Gasteiger partial charge >= 0.3 is 0 Å². The van der Waals surface area contributed by atoms with Crippen LogP contribution in [-0.2, 0) is 0 Å². The molecule has 0 bridgehead atoms. The average molecular weight is 247 g/mol. The van der Waals surface area contributed by atoms with Crippen LogP contribution in [0.4, 0.5) is 5.13 Å². The van der Waals surface area contributed by atoms with Crippen LogP contribution in [0, 0.1) is 6.92 Å². The maximum absolute atomic E-state index is 4.28. The number of hydrogen-bond donors (Lipinski definition) is 1. The topological polar surface area (TPSA) is 37.8 Å². The maximum Gasteiger partial charge on any atom is 0.202 e. The minimum absolute atomic E-state index is 0.567. The maximum atomic E-state index is 4.28. The van der Waals surface area contributed by atoms with Gasteiger partial charge in [0, 0.05) is 18.1 Å². The molecule has 1 aromatic heterocycles. The Labute approximate surface area is 106 Å². The molecule has 1 unspecified atom stereocenters. The summed E-state index contributed by atoms with van der Waals surface area (Å²) in [5, 5.41) is 4.23. The predicted molar refractivity (Wildman–Crippen MR) is 72.6 cm³/mol. The van der Waals surface area contributed by atoms with Crippen LogP contribution in [0.3, 0.4) is 0 Å². The zero-order valence-electron chi connectivity index (χ0n) is 10.2. The van der Waals surface area contributed by atoms with E-state index in [4.69, 9.17) is 0 Å². The molecule has 17 heavy (non-hydrogen) atoms. The van der Waals surface area contributed by atoms with Gasteiger partial charge in [-0.2, -0.15) is 4.37 Å². The van der Waals surface area contributed by atoms with Crippen molar-refractivity contribution in [2.24, 2.45) is 0 Å². The standard InChI is InChI=1S/C13H17N3S/c1-10(12-6-4-3-5-7-12)8-9-14-13-15-11(2)16-17-13/h3-7,10H,8-9H2,1-2H3,(H,14,15,16). The summed E-state index contributed by atoms with van der Waals surface area (Å²) in [4.78, 5) is 4.28. The first kappa shape index (κ1) is 12.0. The number of hydrogen-bond acceptors (Lipinski definition) is 4. The second-order valence-electron chi connectivity index (χ2n) is 4.17. The van der Waals surface area contributed by atoms with E-state index in [-0.39, 0.29) is 0 Å². The van der Waals surface area contributed by atoms with Crippen LogP contribution >= 0.6 is 11.5 Å². The number of aryl methyl sites for hydroxylation is 1. The number of anilines is 1. The van der Waals surface area contributed by atoms with Gasteiger partial charge in [0.15, 0.2) is 0 Å². The highest BCUT2D eigenvalue weighted by Gasteiger charge is 2.05. The van der Waals surface area contributed by atoms with Gasteiger partial charge in [-0.05, 0) is 24.8 Å². The Kier molecular flexibility index (Phi) is 4.09. The van der Waals surface area contributed by atoms with Crippen LogP contribution in [0.1, 0.15) is 30.7 Å². The van der Waals surface area contributed by atoms with Crippen molar-refractivity contribution in [2.75, 3.05) is 11.9 Å². The highest BCUT2D eigenvalue weighted by Crippen LogP contribution is 2.19. The largest absolute Gasteiger partial charge is 0.360 e. The van der Waals surface area contributed by atoms with E-state index in [2.05, 4.69) is 51.9 Å². The number of rotatable bonds is 5. The molecule has 1 atom stereocenters. The van der Waals surface area contributed by atoms with E-state index < -0.39 is 0 Å². The summed E-state index contributed by atoms with van der Waals surface area (Å²) in [6.07, 6.45) is 1.10. The molecular formula is C13H17N3S. The molecule has 3 nitrogen and oxygen atoms in total. The molecule has 90 valence electrons. The average Bonchev–Trinajstić information content (AvgIpc) is 2.76. The van der Waals surface area contributed by atoms with Crippen molar-refractivity contribution >= 4 is 16.7 Å². The van der Waals surface area contributed by atoms with E-state index >= 15 is 0 Å². The van der Waals surface area contributed by atoms with Crippen molar-refractivity contribution in [3.05, 3.63) is 41.7 Å². The van der Waals surface area contributed by atoms with Crippen LogP contribution in [0.2, 0.25) is 0 Å². The van der Waals surface area contributed by atoms with Crippen LogP contribution in [-0.4, -0.2) is 15.9 Å². The first-order valence-corrected chi connectivity index (χ1v) is 6.62. The number of aromatic nitrogens is 2. The zero-order valence-corrected chi connectivity index (χ0v) is 11.0. The summed E-state index contributed by atoms with van der Waals surface area (Å²) < 4.78 is 4.14. The highest BCUT2D eigenvalue weighted by atomic mass is 32.1. The molecule has 0 radical (unpaired) electrons. The normalized spacial score (nSPS) is 12.4. The minimum Gasteiger partial charge on any atom is -0.360 e. The smallest absolute Gasteiger partial charge is 0.202 e. The van der Waals surface area contributed by atoms with Gasteiger partial charge in [0.1, 0.15) is 5.82 Å². The second-order valence-corrected chi connectivity index (χ2v) is 4.93. The first-order chi connectivity index (χ1) is 8.25. The molecule has 1 heterocycles. The van der Waals surface area contributed by atoms with Gasteiger partial charge < -0.3 is 5.32 Å². The lowest BCUT2D eigenvalue weighted by Gasteiger charge is -2.11. The fourth-order valence-electron chi connectivity index (χ4n) is 1.71. The third kappa shape index (κ3) is 3.53. The van der Waals surface area contributed by atoms with Crippen LogP contribution in [0.25, 0.3) is 0 Å². The Morgan fingerprint density at radius 1 is 1.29 bits per heavy atom. The lowest BCUT2D eigenvalue weighted by molar-refractivity contribution is 0.705. The SMILES string of the molecule is Cc1nsc(NCCC(C)c2ccccc2)n1. The van der Waals surface area contributed by atoms with E-state index in [1.165, 1.54) is 17.1 Å². The summed E-state index contributed by atoms with van der Waals surface area (Å²) in [5.74, 6) is 1.41. The van der Waals surface area contributed by atoms with Crippen LogP contribution in [0.15, 0.2) is 30.3 Å². The van der Waals surface area contributed by atoms with E-state index in [0.717, 1.165) is 23.9 Å². The van der Waals surface area contributed by atoms with E-state index in [9.17, 15) is 0 Å². The first-order valence-electron chi connectivity index (χ1n) is 5.85. The van der Waals surface area contributed by atoms with Gasteiger partial charge in [-0.1, -0.05) is 37.3 Å². The van der Waals surface area contributed by atoms with Crippen LogP contribution < -0.4 is 5.32 Å². The van der Waals surface area contributed by atoms with Gasteiger partial charge in [0.05, 0.1) is 0 Å². The molecule has 0 spiro atoms. The molecule has 1 N–H and O–H groups in total. The summed E-state index contributed by atoms with van der Waals surface area (Å²) >= 11 is 1.42. The molecule has 0 saturated carbocycles.